The molecule has 4 rings (SSSR count). The molecule has 3 heterocycles. The van der Waals surface area contributed by atoms with Crippen LogP contribution in [-0.2, 0) is 0 Å². The second kappa shape index (κ2) is 8.73. The van der Waals surface area contributed by atoms with Gasteiger partial charge in [0.25, 0.3) is 0 Å². The molecule has 0 radical (unpaired) electrons. The summed E-state index contributed by atoms with van der Waals surface area (Å²) in [5.74, 6) is 1.73. The van der Waals surface area contributed by atoms with Crippen molar-refractivity contribution in [3.63, 3.8) is 0 Å². The van der Waals surface area contributed by atoms with Gasteiger partial charge in [0, 0.05) is 45.7 Å². The highest BCUT2D eigenvalue weighted by molar-refractivity contribution is 7.17. The Kier molecular flexibility index (Phi) is 5.85. The Morgan fingerprint density at radius 3 is 2.87 bits per heavy atom. The highest BCUT2D eigenvalue weighted by atomic mass is 32.1. The molecule has 0 aliphatic carbocycles. The fourth-order valence-electron chi connectivity index (χ4n) is 3.27. The van der Waals surface area contributed by atoms with Crippen LogP contribution in [0.2, 0.25) is 0 Å². The fraction of sp³-hybridized carbons (Fsp3) is 0.273. The monoisotopic (exact) mass is 434 g/mol. The number of hydrogen-bond acceptors (Lipinski definition) is 8. The van der Waals surface area contributed by atoms with E-state index in [-0.39, 0.29) is 6.04 Å². The van der Waals surface area contributed by atoms with E-state index in [0.29, 0.717) is 24.6 Å². The van der Waals surface area contributed by atoms with Gasteiger partial charge in [-0.3, -0.25) is 5.43 Å². The first-order chi connectivity index (χ1) is 14.9. The quantitative estimate of drug-likeness (QED) is 0.279. The lowest BCUT2D eigenvalue weighted by molar-refractivity contribution is 0.613. The predicted molar refractivity (Wildman–Crippen MR) is 129 cm³/mol. The summed E-state index contributed by atoms with van der Waals surface area (Å²) in [4.78, 5) is 14.3. The van der Waals surface area contributed by atoms with Crippen LogP contribution in [0.3, 0.4) is 0 Å². The van der Waals surface area contributed by atoms with Crippen molar-refractivity contribution in [2.45, 2.75) is 33.2 Å². The number of hydrazone groups is 1. The number of thiophene rings is 1. The first-order valence-corrected chi connectivity index (χ1v) is 11.0. The average molecular weight is 435 g/mol. The van der Waals surface area contributed by atoms with E-state index in [0.717, 1.165) is 33.6 Å². The molecular formula is C22H26N8S. The van der Waals surface area contributed by atoms with Crippen molar-refractivity contribution in [2.75, 3.05) is 11.9 Å². The summed E-state index contributed by atoms with van der Waals surface area (Å²) in [6.45, 7) is 10.4. The summed E-state index contributed by atoms with van der Waals surface area (Å²) in [6.07, 6.45) is 2.54. The van der Waals surface area contributed by atoms with Gasteiger partial charge in [0.15, 0.2) is 17.3 Å². The van der Waals surface area contributed by atoms with E-state index in [9.17, 15) is 0 Å². The van der Waals surface area contributed by atoms with Crippen molar-refractivity contribution in [3.05, 3.63) is 48.4 Å². The van der Waals surface area contributed by atoms with E-state index in [1.165, 1.54) is 4.70 Å². The third-order valence-electron chi connectivity index (χ3n) is 4.87. The number of benzene rings is 1. The third-order valence-corrected chi connectivity index (χ3v) is 5.83. The normalized spacial score (nSPS) is 12.1. The van der Waals surface area contributed by atoms with Crippen LogP contribution in [-0.4, -0.2) is 31.8 Å². The standard InChI is InChI=1S/C22H26N8S/c1-13(2)30-12-25-19-21(24-10-9-14(3)28-29-15(4)23)26-20(27-22(19)30)17-11-31-18-8-6-5-7-16(17)18/h5-8,11-13,29H,4,9-10,23H2,1-3H3,(H,24,26,27). The highest BCUT2D eigenvalue weighted by Gasteiger charge is 2.17. The number of anilines is 1. The zero-order valence-electron chi connectivity index (χ0n) is 17.9. The largest absolute Gasteiger partial charge is 0.385 e. The summed E-state index contributed by atoms with van der Waals surface area (Å²) >= 11 is 1.70. The Balaban J connectivity index is 1.70. The van der Waals surface area contributed by atoms with E-state index < -0.39 is 0 Å². The number of imidazole rings is 1. The second-order valence-electron chi connectivity index (χ2n) is 7.62. The molecule has 31 heavy (non-hydrogen) atoms. The molecule has 4 N–H and O–H groups in total. The molecule has 0 aliphatic rings. The number of rotatable bonds is 8. The Hall–Kier alpha value is -3.46. The molecular weight excluding hydrogens is 408 g/mol. The smallest absolute Gasteiger partial charge is 0.166 e. The number of fused-ring (bicyclic) bond motifs is 2. The molecule has 8 nitrogen and oxygen atoms in total. The van der Waals surface area contributed by atoms with Gasteiger partial charge in [0.05, 0.1) is 6.33 Å². The van der Waals surface area contributed by atoms with Crippen molar-refractivity contribution in [3.8, 4) is 11.4 Å². The van der Waals surface area contributed by atoms with Crippen molar-refractivity contribution in [1.29, 1.82) is 0 Å². The molecule has 0 saturated heterocycles. The number of hydrogen-bond donors (Lipinski definition) is 3. The molecule has 1 aromatic carbocycles. The lowest BCUT2D eigenvalue weighted by Crippen LogP contribution is -2.16. The minimum Gasteiger partial charge on any atom is -0.385 e. The van der Waals surface area contributed by atoms with Gasteiger partial charge in [-0.05, 0) is 26.8 Å². The lowest BCUT2D eigenvalue weighted by Gasteiger charge is -2.11. The first-order valence-electron chi connectivity index (χ1n) is 10.1. The van der Waals surface area contributed by atoms with Crippen LogP contribution in [0, 0.1) is 0 Å². The molecule has 4 aromatic rings. The molecule has 0 fully saturated rings. The Bertz CT molecular complexity index is 1270. The Morgan fingerprint density at radius 1 is 1.29 bits per heavy atom. The molecule has 0 amide bonds. The lowest BCUT2D eigenvalue weighted by atomic mass is 10.1. The molecule has 160 valence electrons. The van der Waals surface area contributed by atoms with E-state index in [1.807, 2.05) is 25.4 Å². The SMILES string of the molecule is C=C(N)NN=C(C)CCNc1nc(-c2csc3ccccc23)nc2c1ncn2C(C)C. The van der Waals surface area contributed by atoms with Crippen molar-refractivity contribution in [1.82, 2.24) is 24.9 Å². The van der Waals surface area contributed by atoms with E-state index in [4.69, 9.17) is 15.7 Å². The van der Waals surface area contributed by atoms with Gasteiger partial charge in [-0.15, -0.1) is 11.3 Å². The van der Waals surface area contributed by atoms with Crippen LogP contribution >= 0.6 is 11.3 Å². The van der Waals surface area contributed by atoms with E-state index in [2.05, 4.69) is 63.3 Å². The maximum absolute atomic E-state index is 5.50. The number of nitrogens with zero attached hydrogens (tertiary/aromatic N) is 5. The maximum atomic E-state index is 5.50. The van der Waals surface area contributed by atoms with E-state index in [1.54, 1.807) is 11.3 Å². The minimum atomic E-state index is 0.240. The molecule has 0 aliphatic heterocycles. The van der Waals surface area contributed by atoms with Gasteiger partial charge in [0.2, 0.25) is 0 Å². The zero-order chi connectivity index (χ0) is 22.0. The fourth-order valence-corrected chi connectivity index (χ4v) is 4.21. The van der Waals surface area contributed by atoms with Gasteiger partial charge >= 0.3 is 0 Å². The predicted octanol–water partition coefficient (Wildman–Crippen LogP) is 4.49. The minimum absolute atomic E-state index is 0.240. The Labute approximate surface area is 184 Å². The molecule has 0 atom stereocenters. The Morgan fingerprint density at radius 2 is 2.10 bits per heavy atom. The van der Waals surface area contributed by atoms with Crippen LogP contribution in [0.4, 0.5) is 5.82 Å². The molecule has 9 heteroatoms. The number of nitrogens with two attached hydrogens (primary N) is 1. The summed E-state index contributed by atoms with van der Waals surface area (Å²) in [6, 6.07) is 8.56. The number of aromatic nitrogens is 4. The van der Waals surface area contributed by atoms with Gasteiger partial charge in [0.1, 0.15) is 11.3 Å². The van der Waals surface area contributed by atoms with Crippen LogP contribution < -0.4 is 16.5 Å². The summed E-state index contributed by atoms with van der Waals surface area (Å²) in [7, 11) is 0. The molecule has 0 saturated carbocycles. The van der Waals surface area contributed by atoms with E-state index >= 15 is 0 Å². The van der Waals surface area contributed by atoms with Crippen LogP contribution in [0.1, 0.15) is 33.2 Å². The average Bonchev–Trinajstić information content (AvgIpc) is 3.36. The van der Waals surface area contributed by atoms with Gasteiger partial charge in [-0.1, -0.05) is 24.8 Å². The number of nitrogens with one attached hydrogen (secondary N) is 2. The zero-order valence-corrected chi connectivity index (χ0v) is 18.7. The van der Waals surface area contributed by atoms with Crippen LogP contribution in [0.15, 0.2) is 53.5 Å². The topological polar surface area (TPSA) is 106 Å². The highest BCUT2D eigenvalue weighted by Crippen LogP contribution is 2.34. The third kappa shape index (κ3) is 4.36. The summed E-state index contributed by atoms with van der Waals surface area (Å²) in [5, 5.41) is 10.9. The van der Waals surface area contributed by atoms with Gasteiger partial charge in [-0.2, -0.15) is 5.10 Å². The molecule has 0 bridgehead atoms. The van der Waals surface area contributed by atoms with Crippen molar-refractivity contribution < 1.29 is 0 Å². The summed E-state index contributed by atoms with van der Waals surface area (Å²) < 4.78 is 3.29. The molecule has 3 aromatic heterocycles. The van der Waals surface area contributed by atoms with Crippen LogP contribution in [0.25, 0.3) is 32.6 Å². The molecule has 0 spiro atoms. The summed E-state index contributed by atoms with van der Waals surface area (Å²) in [5.41, 5.74) is 11.7. The van der Waals surface area contributed by atoms with Gasteiger partial charge < -0.3 is 15.6 Å². The van der Waals surface area contributed by atoms with Crippen LogP contribution in [0.5, 0.6) is 0 Å². The second-order valence-corrected chi connectivity index (χ2v) is 8.53. The maximum Gasteiger partial charge on any atom is 0.166 e. The van der Waals surface area contributed by atoms with Crippen molar-refractivity contribution >= 4 is 44.1 Å². The van der Waals surface area contributed by atoms with Crippen molar-refractivity contribution in [2.24, 2.45) is 10.8 Å². The molecule has 0 unspecified atom stereocenters. The van der Waals surface area contributed by atoms with Gasteiger partial charge in [-0.25, -0.2) is 15.0 Å². The first kappa shape index (κ1) is 20.8.